The molecule has 0 saturated heterocycles. The minimum atomic E-state index is -0.331. The molecule has 0 aromatic heterocycles. The fraction of sp³-hybridized carbons (Fsp3) is 0.350. The fourth-order valence-corrected chi connectivity index (χ4v) is 3.56. The van der Waals surface area contributed by atoms with Crippen LogP contribution in [0.25, 0.3) is 0 Å². The van der Waals surface area contributed by atoms with Crippen LogP contribution in [0.1, 0.15) is 36.8 Å². The highest BCUT2D eigenvalue weighted by Gasteiger charge is 2.42. The molecular weight excluding hydrogens is 284 g/mol. The van der Waals surface area contributed by atoms with Gasteiger partial charge >= 0.3 is 0 Å². The van der Waals surface area contributed by atoms with E-state index in [9.17, 15) is 4.79 Å². The van der Waals surface area contributed by atoms with Crippen molar-refractivity contribution in [2.45, 2.75) is 37.5 Å². The predicted octanol–water partition coefficient (Wildman–Crippen LogP) is 3.44. The zero-order valence-corrected chi connectivity index (χ0v) is 13.4. The van der Waals surface area contributed by atoms with Crippen LogP contribution < -0.4 is 11.1 Å². The molecule has 0 aliphatic heterocycles. The average molecular weight is 308 g/mol. The van der Waals surface area contributed by atoms with Crippen LogP contribution in [-0.2, 0) is 16.6 Å². The van der Waals surface area contributed by atoms with E-state index in [0.29, 0.717) is 6.54 Å². The van der Waals surface area contributed by atoms with E-state index in [4.69, 9.17) is 5.73 Å². The maximum Gasteiger partial charge on any atom is 0.230 e. The Morgan fingerprint density at radius 3 is 2.30 bits per heavy atom. The van der Waals surface area contributed by atoms with Crippen LogP contribution in [0.15, 0.2) is 54.6 Å². The second-order valence-electron chi connectivity index (χ2n) is 6.40. The van der Waals surface area contributed by atoms with Crippen LogP contribution in [0, 0.1) is 0 Å². The summed E-state index contributed by atoms with van der Waals surface area (Å²) < 4.78 is 0. The van der Waals surface area contributed by atoms with Gasteiger partial charge in [-0.1, -0.05) is 55.3 Å². The second kappa shape index (κ2) is 6.86. The normalized spacial score (nSPS) is 16.2. The highest BCUT2D eigenvalue weighted by atomic mass is 16.2. The van der Waals surface area contributed by atoms with E-state index >= 15 is 0 Å². The first-order valence-corrected chi connectivity index (χ1v) is 8.39. The molecule has 1 amide bonds. The summed E-state index contributed by atoms with van der Waals surface area (Å²) in [4.78, 5) is 12.9. The number of amides is 1. The molecule has 3 rings (SSSR count). The van der Waals surface area contributed by atoms with E-state index in [1.807, 2.05) is 42.5 Å². The Balaban J connectivity index is 1.64. The van der Waals surface area contributed by atoms with Crippen LogP contribution in [0.3, 0.4) is 0 Å². The molecule has 3 heteroatoms. The Labute approximate surface area is 137 Å². The molecule has 0 unspecified atom stereocenters. The summed E-state index contributed by atoms with van der Waals surface area (Å²) in [5, 5.41) is 3.16. The van der Waals surface area contributed by atoms with Gasteiger partial charge in [-0.15, -0.1) is 0 Å². The van der Waals surface area contributed by atoms with E-state index in [0.717, 1.165) is 43.4 Å². The van der Waals surface area contributed by atoms with Crippen molar-refractivity contribution in [1.29, 1.82) is 0 Å². The Morgan fingerprint density at radius 2 is 1.65 bits per heavy atom. The Bertz CT molecular complexity index is 643. The quantitative estimate of drug-likeness (QED) is 0.831. The van der Waals surface area contributed by atoms with E-state index in [-0.39, 0.29) is 11.3 Å². The van der Waals surface area contributed by atoms with E-state index < -0.39 is 0 Å². The van der Waals surface area contributed by atoms with Crippen LogP contribution in [0.5, 0.6) is 0 Å². The molecule has 0 atom stereocenters. The minimum Gasteiger partial charge on any atom is -0.399 e. The number of hydrogen-bond acceptors (Lipinski definition) is 2. The molecule has 0 spiro atoms. The van der Waals surface area contributed by atoms with Gasteiger partial charge < -0.3 is 11.1 Å². The highest BCUT2D eigenvalue weighted by molar-refractivity contribution is 5.88. The van der Waals surface area contributed by atoms with Gasteiger partial charge in [0.05, 0.1) is 5.41 Å². The molecule has 1 aliphatic rings. The van der Waals surface area contributed by atoms with Gasteiger partial charge in [-0.3, -0.25) is 4.79 Å². The van der Waals surface area contributed by atoms with Gasteiger partial charge in [0.2, 0.25) is 5.91 Å². The van der Waals surface area contributed by atoms with Gasteiger partial charge in [0.25, 0.3) is 0 Å². The van der Waals surface area contributed by atoms with Gasteiger partial charge in [-0.05, 0) is 42.5 Å². The third kappa shape index (κ3) is 3.39. The zero-order valence-electron chi connectivity index (χ0n) is 13.4. The van der Waals surface area contributed by atoms with Crippen molar-refractivity contribution in [2.24, 2.45) is 0 Å². The van der Waals surface area contributed by atoms with Crippen molar-refractivity contribution in [2.75, 3.05) is 12.3 Å². The van der Waals surface area contributed by atoms with Crippen LogP contribution >= 0.6 is 0 Å². The lowest BCUT2D eigenvalue weighted by atomic mass is 9.78. The minimum absolute atomic E-state index is 0.177. The number of hydrogen-bond donors (Lipinski definition) is 2. The van der Waals surface area contributed by atoms with Crippen molar-refractivity contribution >= 4 is 11.6 Å². The second-order valence-corrected chi connectivity index (χ2v) is 6.40. The smallest absolute Gasteiger partial charge is 0.230 e. The standard InChI is InChI=1S/C20H24N2O/c21-18-10-8-16(9-11-18)12-15-22-19(23)20(13-4-5-14-20)17-6-2-1-3-7-17/h1-3,6-11H,4-5,12-15,21H2,(H,22,23). The maximum atomic E-state index is 12.9. The van der Waals surface area contributed by atoms with Gasteiger partial charge in [0.15, 0.2) is 0 Å². The van der Waals surface area contributed by atoms with Crippen LogP contribution in [-0.4, -0.2) is 12.5 Å². The molecule has 3 nitrogen and oxygen atoms in total. The van der Waals surface area contributed by atoms with Crippen molar-refractivity contribution in [3.63, 3.8) is 0 Å². The first-order chi connectivity index (χ1) is 11.2. The van der Waals surface area contributed by atoms with Crippen molar-refractivity contribution in [1.82, 2.24) is 5.32 Å². The number of benzene rings is 2. The number of carbonyl (C=O) groups is 1. The van der Waals surface area contributed by atoms with Crippen molar-refractivity contribution in [3.05, 3.63) is 65.7 Å². The zero-order chi connectivity index (χ0) is 16.1. The number of nitrogens with two attached hydrogens (primary N) is 1. The monoisotopic (exact) mass is 308 g/mol. The third-order valence-corrected chi connectivity index (χ3v) is 4.90. The summed E-state index contributed by atoms with van der Waals surface area (Å²) in [6.07, 6.45) is 4.98. The van der Waals surface area contributed by atoms with Crippen LogP contribution in [0.4, 0.5) is 5.69 Å². The molecule has 0 radical (unpaired) electrons. The number of carbonyl (C=O) groups excluding carboxylic acids is 1. The van der Waals surface area contributed by atoms with Gasteiger partial charge in [-0.2, -0.15) is 0 Å². The molecule has 2 aromatic carbocycles. The molecule has 1 saturated carbocycles. The number of anilines is 1. The lowest BCUT2D eigenvalue weighted by Crippen LogP contribution is -2.43. The lowest BCUT2D eigenvalue weighted by molar-refractivity contribution is -0.126. The summed E-state index contributed by atoms with van der Waals surface area (Å²) in [7, 11) is 0. The van der Waals surface area contributed by atoms with E-state index in [1.54, 1.807) is 0 Å². The van der Waals surface area contributed by atoms with Gasteiger partial charge in [0, 0.05) is 12.2 Å². The Morgan fingerprint density at radius 1 is 1.00 bits per heavy atom. The first kappa shape index (κ1) is 15.6. The molecule has 1 fully saturated rings. The van der Waals surface area contributed by atoms with Gasteiger partial charge in [-0.25, -0.2) is 0 Å². The number of rotatable bonds is 5. The third-order valence-electron chi connectivity index (χ3n) is 4.90. The SMILES string of the molecule is Nc1ccc(CCNC(=O)C2(c3ccccc3)CCCC2)cc1. The maximum absolute atomic E-state index is 12.9. The molecule has 2 aromatic rings. The molecule has 1 aliphatic carbocycles. The summed E-state index contributed by atoms with van der Waals surface area (Å²) in [5.74, 6) is 0.177. The van der Waals surface area contributed by atoms with Crippen molar-refractivity contribution in [3.8, 4) is 0 Å². The van der Waals surface area contributed by atoms with E-state index in [1.165, 1.54) is 5.56 Å². The largest absolute Gasteiger partial charge is 0.399 e. The molecule has 0 heterocycles. The summed E-state index contributed by atoms with van der Waals surface area (Å²) in [6.45, 7) is 0.664. The Kier molecular flexibility index (Phi) is 4.65. The van der Waals surface area contributed by atoms with Crippen LogP contribution in [0.2, 0.25) is 0 Å². The number of nitrogen functional groups attached to an aromatic ring is 1. The average Bonchev–Trinajstić information content (AvgIpc) is 3.08. The van der Waals surface area contributed by atoms with Gasteiger partial charge in [0.1, 0.15) is 0 Å². The van der Waals surface area contributed by atoms with E-state index in [2.05, 4.69) is 17.4 Å². The molecule has 23 heavy (non-hydrogen) atoms. The summed E-state index contributed by atoms with van der Waals surface area (Å²) in [5.41, 5.74) is 8.49. The fourth-order valence-electron chi connectivity index (χ4n) is 3.56. The predicted molar refractivity (Wildman–Crippen MR) is 94.2 cm³/mol. The summed E-state index contributed by atoms with van der Waals surface area (Å²) in [6, 6.07) is 18.1. The lowest BCUT2D eigenvalue weighted by Gasteiger charge is -2.28. The first-order valence-electron chi connectivity index (χ1n) is 8.39. The topological polar surface area (TPSA) is 55.1 Å². The highest BCUT2D eigenvalue weighted by Crippen LogP contribution is 2.41. The molecule has 0 bridgehead atoms. The number of nitrogens with one attached hydrogen (secondary N) is 1. The van der Waals surface area contributed by atoms with Crippen molar-refractivity contribution < 1.29 is 4.79 Å². The summed E-state index contributed by atoms with van der Waals surface area (Å²) >= 11 is 0. The Hall–Kier alpha value is -2.29. The molecular formula is C20H24N2O. The molecule has 120 valence electrons. The molecule has 3 N–H and O–H groups in total.